The summed E-state index contributed by atoms with van der Waals surface area (Å²) in [6, 6.07) is 10.8. The van der Waals surface area contributed by atoms with Crippen molar-refractivity contribution in [3.05, 3.63) is 35.9 Å². The number of nitrogens with zero attached hydrogens (tertiary/aromatic N) is 2. The van der Waals surface area contributed by atoms with E-state index in [1.54, 1.807) is 0 Å². The van der Waals surface area contributed by atoms with Gasteiger partial charge in [-0.1, -0.05) is 52.9 Å². The Morgan fingerprint density at radius 3 is 2.19 bits per heavy atom. The molecule has 0 aliphatic carbocycles. The van der Waals surface area contributed by atoms with E-state index >= 15 is 0 Å². The van der Waals surface area contributed by atoms with Gasteiger partial charge >= 0.3 is 0 Å². The van der Waals surface area contributed by atoms with E-state index in [9.17, 15) is 0 Å². The molecule has 0 atom stereocenters. The summed E-state index contributed by atoms with van der Waals surface area (Å²) in [5.74, 6) is 0. The Bertz CT molecular complexity index is 294. The minimum atomic E-state index is 1.11. The second kappa shape index (κ2) is 6.57. The van der Waals surface area contributed by atoms with Crippen LogP contribution in [-0.4, -0.2) is 47.0 Å². The highest BCUT2D eigenvalue weighted by molar-refractivity contribution is 14.1. The van der Waals surface area contributed by atoms with Gasteiger partial charge in [0.15, 0.2) is 0 Å². The molecule has 1 aliphatic heterocycles. The maximum Gasteiger partial charge on any atom is 0.0234 e. The molecule has 1 aromatic rings. The number of hydrogen-bond donors (Lipinski definition) is 0. The molecule has 3 heteroatoms. The van der Waals surface area contributed by atoms with Crippen molar-refractivity contribution in [3.63, 3.8) is 0 Å². The van der Waals surface area contributed by atoms with Crippen LogP contribution in [0.15, 0.2) is 30.3 Å². The van der Waals surface area contributed by atoms with E-state index in [-0.39, 0.29) is 0 Å². The summed E-state index contributed by atoms with van der Waals surface area (Å²) in [5, 5.41) is 0. The second-order valence-corrected chi connectivity index (χ2v) is 5.37. The Balaban J connectivity index is 1.77. The zero-order valence-electron chi connectivity index (χ0n) is 9.61. The first-order valence-corrected chi connectivity index (χ1v) is 7.45. The molecule has 0 saturated carbocycles. The maximum absolute atomic E-state index is 2.56. The number of rotatable bonds is 4. The van der Waals surface area contributed by atoms with Crippen LogP contribution in [0.1, 0.15) is 5.56 Å². The van der Waals surface area contributed by atoms with Crippen LogP contribution in [0.3, 0.4) is 0 Å². The highest BCUT2D eigenvalue weighted by Crippen LogP contribution is 2.08. The van der Waals surface area contributed by atoms with Gasteiger partial charge in [-0.3, -0.25) is 4.90 Å². The van der Waals surface area contributed by atoms with E-state index in [0.717, 1.165) is 6.54 Å². The van der Waals surface area contributed by atoms with Crippen LogP contribution < -0.4 is 0 Å². The second-order valence-electron chi connectivity index (χ2n) is 4.29. The molecule has 0 unspecified atom stereocenters. The highest BCUT2D eigenvalue weighted by Gasteiger charge is 2.15. The zero-order chi connectivity index (χ0) is 11.2. The van der Waals surface area contributed by atoms with Crippen LogP contribution in [0, 0.1) is 0 Å². The lowest BCUT2D eigenvalue weighted by molar-refractivity contribution is 0.133. The van der Waals surface area contributed by atoms with Crippen molar-refractivity contribution in [3.8, 4) is 0 Å². The summed E-state index contributed by atoms with van der Waals surface area (Å²) < 4.78 is 1.25. The van der Waals surface area contributed by atoms with Gasteiger partial charge in [0.25, 0.3) is 0 Å². The van der Waals surface area contributed by atoms with E-state index in [1.165, 1.54) is 42.7 Å². The summed E-state index contributed by atoms with van der Waals surface area (Å²) in [5.41, 5.74) is 1.44. The van der Waals surface area contributed by atoms with E-state index in [4.69, 9.17) is 0 Å². The molecule has 0 bridgehead atoms. The standard InChI is InChI=1S/C13H19IN2/c14-6-7-15-8-10-16(11-9-15)12-13-4-2-1-3-5-13/h1-5H,6-12H2. The van der Waals surface area contributed by atoms with Crippen molar-refractivity contribution >= 4 is 22.6 Å². The third-order valence-electron chi connectivity index (χ3n) is 3.11. The Kier molecular flexibility index (Phi) is 5.06. The predicted molar refractivity (Wildman–Crippen MR) is 77.0 cm³/mol. The van der Waals surface area contributed by atoms with E-state index in [1.807, 2.05) is 0 Å². The van der Waals surface area contributed by atoms with E-state index < -0.39 is 0 Å². The molecule has 0 radical (unpaired) electrons. The topological polar surface area (TPSA) is 6.48 Å². The summed E-state index contributed by atoms with van der Waals surface area (Å²) in [7, 11) is 0. The molecule has 1 heterocycles. The monoisotopic (exact) mass is 330 g/mol. The molecule has 88 valence electrons. The number of piperazine rings is 1. The van der Waals surface area contributed by atoms with E-state index in [2.05, 4.69) is 62.7 Å². The Hall–Kier alpha value is -0.130. The van der Waals surface area contributed by atoms with Gasteiger partial charge in [0.2, 0.25) is 0 Å². The quantitative estimate of drug-likeness (QED) is 0.617. The summed E-state index contributed by atoms with van der Waals surface area (Å²) in [6.07, 6.45) is 0. The molecule has 16 heavy (non-hydrogen) atoms. The van der Waals surface area contributed by atoms with Crippen LogP contribution >= 0.6 is 22.6 Å². The van der Waals surface area contributed by atoms with Crippen molar-refractivity contribution in [2.24, 2.45) is 0 Å². The van der Waals surface area contributed by atoms with Gasteiger partial charge in [0, 0.05) is 43.7 Å². The third kappa shape index (κ3) is 3.71. The van der Waals surface area contributed by atoms with Gasteiger partial charge in [0.05, 0.1) is 0 Å². The van der Waals surface area contributed by atoms with Gasteiger partial charge < -0.3 is 4.90 Å². The van der Waals surface area contributed by atoms with Gasteiger partial charge in [0.1, 0.15) is 0 Å². The first-order chi connectivity index (χ1) is 7.88. The van der Waals surface area contributed by atoms with Crippen molar-refractivity contribution in [1.82, 2.24) is 9.80 Å². The Labute approximate surface area is 112 Å². The van der Waals surface area contributed by atoms with Crippen molar-refractivity contribution < 1.29 is 0 Å². The van der Waals surface area contributed by atoms with Crippen LogP contribution in [-0.2, 0) is 6.54 Å². The summed E-state index contributed by atoms with van der Waals surface area (Å²) in [6.45, 7) is 7.25. The summed E-state index contributed by atoms with van der Waals surface area (Å²) in [4.78, 5) is 5.12. The SMILES string of the molecule is ICCN1CCN(Cc2ccccc2)CC1. The normalized spacial score (nSPS) is 18.8. The van der Waals surface area contributed by atoms with Gasteiger partial charge in [-0.2, -0.15) is 0 Å². The van der Waals surface area contributed by atoms with Crippen LogP contribution in [0.4, 0.5) is 0 Å². The van der Waals surface area contributed by atoms with Gasteiger partial charge in [-0.05, 0) is 5.56 Å². The molecule has 2 nitrogen and oxygen atoms in total. The smallest absolute Gasteiger partial charge is 0.0234 e. The molecule has 0 N–H and O–H groups in total. The lowest BCUT2D eigenvalue weighted by Crippen LogP contribution is -2.46. The largest absolute Gasteiger partial charge is 0.300 e. The minimum absolute atomic E-state index is 1.11. The molecule has 1 saturated heterocycles. The third-order valence-corrected chi connectivity index (χ3v) is 3.60. The first-order valence-electron chi connectivity index (χ1n) is 5.93. The van der Waals surface area contributed by atoms with Crippen molar-refractivity contribution in [2.75, 3.05) is 37.2 Å². The highest BCUT2D eigenvalue weighted by atomic mass is 127. The molecule has 0 spiro atoms. The lowest BCUT2D eigenvalue weighted by atomic mass is 10.2. The molecule has 2 rings (SSSR count). The molecule has 1 aliphatic rings. The van der Waals surface area contributed by atoms with Crippen LogP contribution in [0.25, 0.3) is 0 Å². The number of benzene rings is 1. The Morgan fingerprint density at radius 2 is 1.56 bits per heavy atom. The van der Waals surface area contributed by atoms with Gasteiger partial charge in [-0.15, -0.1) is 0 Å². The fourth-order valence-electron chi connectivity index (χ4n) is 2.13. The number of halogens is 1. The van der Waals surface area contributed by atoms with Crippen LogP contribution in [0.5, 0.6) is 0 Å². The fourth-order valence-corrected chi connectivity index (χ4v) is 2.81. The number of alkyl halides is 1. The maximum atomic E-state index is 2.56. The molecule has 0 amide bonds. The minimum Gasteiger partial charge on any atom is -0.300 e. The predicted octanol–water partition coefficient (Wildman–Crippen LogP) is 2.24. The average Bonchev–Trinajstić information content (AvgIpc) is 2.33. The lowest BCUT2D eigenvalue weighted by Gasteiger charge is -2.34. The molecular formula is C13H19IN2. The molecule has 0 aromatic heterocycles. The average molecular weight is 330 g/mol. The van der Waals surface area contributed by atoms with Gasteiger partial charge in [-0.25, -0.2) is 0 Å². The Morgan fingerprint density at radius 1 is 0.938 bits per heavy atom. The molecular weight excluding hydrogens is 311 g/mol. The van der Waals surface area contributed by atoms with Crippen molar-refractivity contribution in [1.29, 1.82) is 0 Å². The van der Waals surface area contributed by atoms with Crippen molar-refractivity contribution in [2.45, 2.75) is 6.54 Å². The molecule has 1 fully saturated rings. The summed E-state index contributed by atoms with van der Waals surface area (Å²) >= 11 is 2.46. The first kappa shape index (κ1) is 12.3. The number of hydrogen-bond acceptors (Lipinski definition) is 2. The van der Waals surface area contributed by atoms with Crippen LogP contribution in [0.2, 0.25) is 0 Å². The zero-order valence-corrected chi connectivity index (χ0v) is 11.8. The van der Waals surface area contributed by atoms with E-state index in [0.29, 0.717) is 0 Å². The molecule has 1 aromatic carbocycles. The fraction of sp³-hybridized carbons (Fsp3) is 0.538.